The fourth-order valence-electron chi connectivity index (χ4n) is 1.00. The molecule has 15 heavy (non-hydrogen) atoms. The Morgan fingerprint density at radius 3 is 2.60 bits per heavy atom. The molecule has 1 aromatic heterocycles. The summed E-state index contributed by atoms with van der Waals surface area (Å²) in [6.07, 6.45) is 0. The van der Waals surface area contributed by atoms with Gasteiger partial charge in [-0.05, 0) is 19.1 Å². The topological polar surface area (TPSA) is 65.7 Å². The quantitative estimate of drug-likeness (QED) is 0.543. The Morgan fingerprint density at radius 1 is 1.33 bits per heavy atom. The smallest absolute Gasteiger partial charge is 0.374 e. The van der Waals surface area contributed by atoms with Crippen LogP contribution in [0.2, 0.25) is 0 Å². The summed E-state index contributed by atoms with van der Waals surface area (Å²) >= 11 is 0. The predicted molar refractivity (Wildman–Crippen MR) is 50.9 cm³/mol. The summed E-state index contributed by atoms with van der Waals surface area (Å²) in [7, 11) is 1.41. The summed E-state index contributed by atoms with van der Waals surface area (Å²) in [5.74, 6) is -0.766. The highest BCUT2D eigenvalue weighted by molar-refractivity contribution is 5.96. The standard InChI is InChI=1S/C10H12O5/c1-3-14-10(12)9-5-4-8(15-9)7(11)6-13-2/h4-5H,3,6H2,1-2H3. The number of methoxy groups -OCH3 is 1. The number of esters is 1. The van der Waals surface area contributed by atoms with Gasteiger partial charge in [-0.25, -0.2) is 4.79 Å². The second kappa shape index (κ2) is 5.31. The van der Waals surface area contributed by atoms with Crippen LogP contribution < -0.4 is 0 Å². The SMILES string of the molecule is CCOC(=O)c1ccc(C(=O)COC)o1. The van der Waals surface area contributed by atoms with Crippen LogP contribution >= 0.6 is 0 Å². The van der Waals surface area contributed by atoms with Gasteiger partial charge >= 0.3 is 5.97 Å². The van der Waals surface area contributed by atoms with E-state index in [1.54, 1.807) is 6.92 Å². The van der Waals surface area contributed by atoms with E-state index in [4.69, 9.17) is 9.15 Å². The van der Waals surface area contributed by atoms with E-state index in [9.17, 15) is 9.59 Å². The first kappa shape index (κ1) is 11.5. The van der Waals surface area contributed by atoms with E-state index in [2.05, 4.69) is 4.74 Å². The number of carbonyl (C=O) groups is 2. The number of ketones is 1. The van der Waals surface area contributed by atoms with Crippen molar-refractivity contribution in [3.8, 4) is 0 Å². The van der Waals surface area contributed by atoms with Crippen LogP contribution in [0.25, 0.3) is 0 Å². The molecule has 0 unspecified atom stereocenters. The first-order chi connectivity index (χ1) is 7.19. The largest absolute Gasteiger partial charge is 0.460 e. The zero-order valence-electron chi connectivity index (χ0n) is 8.61. The van der Waals surface area contributed by atoms with Crippen LogP contribution in [0.1, 0.15) is 28.0 Å². The average molecular weight is 212 g/mol. The van der Waals surface area contributed by atoms with Gasteiger partial charge in [0.1, 0.15) is 6.61 Å². The molecule has 0 radical (unpaired) electrons. The minimum absolute atomic E-state index is 0.0244. The number of ether oxygens (including phenoxy) is 2. The van der Waals surface area contributed by atoms with E-state index in [0.717, 1.165) is 0 Å². The molecular formula is C10H12O5. The molecule has 0 saturated heterocycles. The molecule has 1 aromatic rings. The van der Waals surface area contributed by atoms with Crippen molar-refractivity contribution in [2.45, 2.75) is 6.92 Å². The second-order valence-corrected chi connectivity index (χ2v) is 2.74. The lowest BCUT2D eigenvalue weighted by molar-refractivity contribution is 0.0487. The fraction of sp³-hybridized carbons (Fsp3) is 0.400. The van der Waals surface area contributed by atoms with Crippen molar-refractivity contribution in [3.63, 3.8) is 0 Å². The lowest BCUT2D eigenvalue weighted by Crippen LogP contribution is -2.06. The van der Waals surface area contributed by atoms with E-state index in [1.165, 1.54) is 19.2 Å². The minimum Gasteiger partial charge on any atom is -0.460 e. The molecule has 5 nitrogen and oxygen atoms in total. The van der Waals surface area contributed by atoms with Crippen LogP contribution in [0, 0.1) is 0 Å². The Kier molecular flexibility index (Phi) is 4.05. The first-order valence-corrected chi connectivity index (χ1v) is 4.48. The molecule has 0 bridgehead atoms. The van der Waals surface area contributed by atoms with Crippen molar-refractivity contribution in [1.29, 1.82) is 0 Å². The summed E-state index contributed by atoms with van der Waals surface area (Å²) in [6.45, 7) is 1.88. The average Bonchev–Trinajstić information content (AvgIpc) is 2.67. The molecule has 0 spiro atoms. The molecule has 0 aliphatic carbocycles. The molecule has 0 N–H and O–H groups in total. The van der Waals surface area contributed by atoms with E-state index in [-0.39, 0.29) is 30.5 Å². The van der Waals surface area contributed by atoms with E-state index in [0.29, 0.717) is 0 Å². The third-order valence-corrected chi connectivity index (χ3v) is 1.63. The van der Waals surface area contributed by atoms with Crippen LogP contribution in [0.15, 0.2) is 16.5 Å². The monoisotopic (exact) mass is 212 g/mol. The number of furan rings is 1. The lowest BCUT2D eigenvalue weighted by Gasteiger charge is -1.97. The maximum absolute atomic E-state index is 11.3. The van der Waals surface area contributed by atoms with Crippen LogP contribution in [0.5, 0.6) is 0 Å². The second-order valence-electron chi connectivity index (χ2n) is 2.74. The van der Waals surface area contributed by atoms with Gasteiger partial charge in [-0.3, -0.25) is 4.79 Å². The van der Waals surface area contributed by atoms with Gasteiger partial charge < -0.3 is 13.9 Å². The molecule has 0 atom stereocenters. The van der Waals surface area contributed by atoms with Crippen LogP contribution in [-0.4, -0.2) is 32.1 Å². The summed E-state index contributed by atoms with van der Waals surface area (Å²) < 4.78 is 14.4. The summed E-state index contributed by atoms with van der Waals surface area (Å²) in [4.78, 5) is 22.4. The van der Waals surface area contributed by atoms with Crippen molar-refractivity contribution in [2.75, 3.05) is 20.3 Å². The zero-order valence-corrected chi connectivity index (χ0v) is 8.61. The summed E-state index contributed by atoms with van der Waals surface area (Å²) in [6, 6.07) is 2.83. The fourth-order valence-corrected chi connectivity index (χ4v) is 1.00. The van der Waals surface area contributed by atoms with Gasteiger partial charge in [0, 0.05) is 7.11 Å². The molecular weight excluding hydrogens is 200 g/mol. The highest BCUT2D eigenvalue weighted by Gasteiger charge is 2.15. The number of hydrogen-bond acceptors (Lipinski definition) is 5. The van der Waals surface area contributed by atoms with Crippen molar-refractivity contribution in [1.82, 2.24) is 0 Å². The predicted octanol–water partition coefficient (Wildman–Crippen LogP) is 1.29. The summed E-state index contributed by atoms with van der Waals surface area (Å²) in [5.41, 5.74) is 0. The Morgan fingerprint density at radius 2 is 2.00 bits per heavy atom. The van der Waals surface area contributed by atoms with Crippen LogP contribution in [0.3, 0.4) is 0 Å². The van der Waals surface area contributed by atoms with Gasteiger partial charge in [-0.2, -0.15) is 0 Å². The number of hydrogen-bond donors (Lipinski definition) is 0. The third kappa shape index (κ3) is 2.92. The van der Waals surface area contributed by atoms with Crippen molar-refractivity contribution in [2.24, 2.45) is 0 Å². The van der Waals surface area contributed by atoms with Crippen molar-refractivity contribution < 1.29 is 23.5 Å². The van der Waals surface area contributed by atoms with Gasteiger partial charge in [0.05, 0.1) is 6.61 Å². The number of rotatable bonds is 5. The van der Waals surface area contributed by atoms with Gasteiger partial charge in [0.25, 0.3) is 0 Å². The first-order valence-electron chi connectivity index (χ1n) is 4.48. The third-order valence-electron chi connectivity index (χ3n) is 1.63. The molecule has 0 amide bonds. The van der Waals surface area contributed by atoms with Gasteiger partial charge in [0.2, 0.25) is 11.5 Å². The maximum atomic E-state index is 11.3. The molecule has 0 saturated carbocycles. The molecule has 0 aromatic carbocycles. The Labute approximate surface area is 87.0 Å². The van der Waals surface area contributed by atoms with Gasteiger partial charge in [0.15, 0.2) is 5.76 Å². The Bertz CT molecular complexity index is 320. The molecule has 5 heteroatoms. The Hall–Kier alpha value is -1.62. The van der Waals surface area contributed by atoms with E-state index < -0.39 is 5.97 Å². The normalized spacial score (nSPS) is 10.0. The van der Waals surface area contributed by atoms with Crippen LogP contribution in [-0.2, 0) is 9.47 Å². The van der Waals surface area contributed by atoms with E-state index in [1.807, 2.05) is 0 Å². The number of Topliss-reactive ketones (excluding diaryl/α,β-unsaturated/α-hetero) is 1. The summed E-state index contributed by atoms with van der Waals surface area (Å²) in [5, 5.41) is 0. The van der Waals surface area contributed by atoms with Crippen molar-refractivity contribution >= 4 is 11.8 Å². The molecule has 1 heterocycles. The Balaban J connectivity index is 2.71. The highest BCUT2D eigenvalue weighted by Crippen LogP contribution is 2.10. The highest BCUT2D eigenvalue weighted by atomic mass is 16.5. The van der Waals surface area contributed by atoms with Gasteiger partial charge in [-0.1, -0.05) is 0 Å². The molecule has 1 rings (SSSR count). The molecule has 0 fully saturated rings. The lowest BCUT2D eigenvalue weighted by atomic mass is 10.3. The minimum atomic E-state index is -0.575. The molecule has 82 valence electrons. The van der Waals surface area contributed by atoms with Gasteiger partial charge in [-0.15, -0.1) is 0 Å². The van der Waals surface area contributed by atoms with Crippen LogP contribution in [0.4, 0.5) is 0 Å². The molecule has 0 aliphatic heterocycles. The van der Waals surface area contributed by atoms with E-state index >= 15 is 0 Å². The molecule has 0 aliphatic rings. The maximum Gasteiger partial charge on any atom is 0.374 e. The zero-order chi connectivity index (χ0) is 11.3. The number of carbonyl (C=O) groups excluding carboxylic acids is 2. The van der Waals surface area contributed by atoms with Crippen molar-refractivity contribution in [3.05, 3.63) is 23.7 Å².